The van der Waals surface area contributed by atoms with E-state index < -0.39 is 0 Å². The van der Waals surface area contributed by atoms with Crippen molar-refractivity contribution in [1.29, 1.82) is 0 Å². The van der Waals surface area contributed by atoms with E-state index in [4.69, 9.17) is 0 Å². The van der Waals surface area contributed by atoms with E-state index in [1.807, 2.05) is 42.9 Å². The molecule has 0 saturated heterocycles. The lowest BCUT2D eigenvalue weighted by molar-refractivity contribution is -0.113. The van der Waals surface area contributed by atoms with Crippen LogP contribution < -0.4 is 0 Å². The monoisotopic (exact) mass is 163 g/mol. The minimum absolute atomic E-state index is 0.121. The third-order valence-electron chi connectivity index (χ3n) is 1.90. The van der Waals surface area contributed by atoms with Crippen LogP contribution in [0.5, 0.6) is 0 Å². The van der Waals surface area contributed by atoms with E-state index >= 15 is 0 Å². The summed E-state index contributed by atoms with van der Waals surface area (Å²) in [5, 5.41) is 0. The molecule has 0 aliphatic carbocycles. The predicted octanol–water partition coefficient (Wildman–Crippen LogP) is 2.02. The van der Waals surface area contributed by atoms with E-state index in [-0.39, 0.29) is 5.78 Å². The van der Waals surface area contributed by atoms with Gasteiger partial charge in [-0.1, -0.05) is 0 Å². The molecular formula is C10H13NO. The van der Waals surface area contributed by atoms with Gasteiger partial charge in [0.25, 0.3) is 0 Å². The quantitative estimate of drug-likeness (QED) is 0.611. The van der Waals surface area contributed by atoms with Crippen LogP contribution in [0.1, 0.15) is 19.5 Å². The molecule has 0 aromatic carbocycles. The number of rotatable bonds is 2. The van der Waals surface area contributed by atoms with Crippen molar-refractivity contribution in [2.45, 2.75) is 13.8 Å². The first-order valence-corrected chi connectivity index (χ1v) is 3.92. The lowest BCUT2D eigenvalue weighted by atomic mass is 10.2. The first-order chi connectivity index (χ1) is 5.61. The molecule has 1 aromatic heterocycles. The van der Waals surface area contributed by atoms with Crippen molar-refractivity contribution in [3.8, 4) is 0 Å². The standard InChI is InChI=1S/C10H13NO/c1-8(9(2)12)7-10-5-4-6-11(10)3/h4-7H,1-3H3/b8-7+. The van der Waals surface area contributed by atoms with Gasteiger partial charge in [0.1, 0.15) is 0 Å². The zero-order valence-corrected chi connectivity index (χ0v) is 7.66. The molecule has 0 unspecified atom stereocenters. The zero-order chi connectivity index (χ0) is 9.14. The molecule has 2 nitrogen and oxygen atoms in total. The number of nitrogens with zero attached hydrogens (tertiary/aromatic N) is 1. The SMILES string of the molecule is CC(=O)/C(C)=C/c1cccn1C. The van der Waals surface area contributed by atoms with Crippen molar-refractivity contribution >= 4 is 11.9 Å². The molecule has 1 aromatic rings. The maximum absolute atomic E-state index is 10.9. The van der Waals surface area contributed by atoms with Gasteiger partial charge in [0, 0.05) is 18.9 Å². The summed E-state index contributed by atoms with van der Waals surface area (Å²) in [6, 6.07) is 3.94. The van der Waals surface area contributed by atoms with E-state index in [2.05, 4.69) is 0 Å². The van der Waals surface area contributed by atoms with Crippen molar-refractivity contribution in [2.75, 3.05) is 0 Å². The van der Waals surface area contributed by atoms with Crippen LogP contribution in [0.15, 0.2) is 23.9 Å². The predicted molar refractivity (Wildman–Crippen MR) is 49.7 cm³/mol. The van der Waals surface area contributed by atoms with Gasteiger partial charge in [-0.05, 0) is 37.6 Å². The molecule has 0 bridgehead atoms. The van der Waals surface area contributed by atoms with Crippen LogP contribution in [0.2, 0.25) is 0 Å². The summed E-state index contributed by atoms with van der Waals surface area (Å²) in [5.41, 5.74) is 1.85. The lowest BCUT2D eigenvalue weighted by Gasteiger charge is -1.97. The highest BCUT2D eigenvalue weighted by Gasteiger charge is 1.97. The molecule has 1 rings (SSSR count). The first-order valence-electron chi connectivity index (χ1n) is 3.92. The Hall–Kier alpha value is -1.31. The second-order valence-corrected chi connectivity index (χ2v) is 2.93. The third kappa shape index (κ3) is 1.84. The molecule has 2 heteroatoms. The molecule has 0 fully saturated rings. The highest BCUT2D eigenvalue weighted by Crippen LogP contribution is 2.06. The van der Waals surface area contributed by atoms with Crippen LogP contribution in [-0.4, -0.2) is 10.4 Å². The Morgan fingerprint density at radius 1 is 1.50 bits per heavy atom. The fraction of sp³-hybridized carbons (Fsp3) is 0.300. The molecule has 64 valence electrons. The van der Waals surface area contributed by atoms with Crippen molar-refractivity contribution in [3.63, 3.8) is 0 Å². The van der Waals surface area contributed by atoms with Crippen LogP contribution in [-0.2, 0) is 11.8 Å². The maximum Gasteiger partial charge on any atom is 0.155 e. The second kappa shape index (κ2) is 3.39. The second-order valence-electron chi connectivity index (χ2n) is 2.93. The molecule has 0 aliphatic heterocycles. The van der Waals surface area contributed by atoms with Gasteiger partial charge in [0.05, 0.1) is 0 Å². The Bertz CT molecular complexity index is 320. The normalized spacial score (nSPS) is 11.8. The lowest BCUT2D eigenvalue weighted by Crippen LogP contribution is -1.93. The summed E-state index contributed by atoms with van der Waals surface area (Å²) < 4.78 is 1.98. The number of ketones is 1. The summed E-state index contributed by atoms with van der Waals surface area (Å²) in [6.45, 7) is 3.41. The number of aryl methyl sites for hydroxylation is 1. The Morgan fingerprint density at radius 2 is 2.17 bits per heavy atom. The maximum atomic E-state index is 10.9. The minimum Gasteiger partial charge on any atom is -0.351 e. The summed E-state index contributed by atoms with van der Waals surface area (Å²) in [6.07, 6.45) is 3.85. The number of carbonyl (C=O) groups excluding carboxylic acids is 1. The first kappa shape index (κ1) is 8.78. The summed E-state index contributed by atoms with van der Waals surface area (Å²) in [7, 11) is 1.96. The number of allylic oxidation sites excluding steroid dienone is 1. The molecule has 0 aliphatic rings. The van der Waals surface area contributed by atoms with Crippen molar-refractivity contribution in [3.05, 3.63) is 29.6 Å². The smallest absolute Gasteiger partial charge is 0.155 e. The van der Waals surface area contributed by atoms with E-state index in [0.717, 1.165) is 11.3 Å². The molecule has 12 heavy (non-hydrogen) atoms. The number of carbonyl (C=O) groups is 1. The van der Waals surface area contributed by atoms with Crippen LogP contribution in [0.3, 0.4) is 0 Å². The van der Waals surface area contributed by atoms with E-state index in [1.54, 1.807) is 6.92 Å². The Morgan fingerprint density at radius 3 is 2.58 bits per heavy atom. The number of hydrogen-bond donors (Lipinski definition) is 0. The third-order valence-corrected chi connectivity index (χ3v) is 1.90. The van der Waals surface area contributed by atoms with Crippen LogP contribution in [0.4, 0.5) is 0 Å². The van der Waals surface area contributed by atoms with Crippen LogP contribution in [0.25, 0.3) is 6.08 Å². The van der Waals surface area contributed by atoms with Crippen LogP contribution in [0, 0.1) is 0 Å². The average molecular weight is 163 g/mol. The fourth-order valence-electron chi connectivity index (χ4n) is 0.948. The van der Waals surface area contributed by atoms with Gasteiger partial charge < -0.3 is 4.57 Å². The molecule has 0 spiro atoms. The zero-order valence-electron chi connectivity index (χ0n) is 7.66. The number of aromatic nitrogens is 1. The number of Topliss-reactive ketones (excluding diaryl/α,β-unsaturated/α-hetero) is 1. The van der Waals surface area contributed by atoms with Crippen molar-refractivity contribution in [1.82, 2.24) is 4.57 Å². The summed E-state index contributed by atoms with van der Waals surface area (Å²) >= 11 is 0. The van der Waals surface area contributed by atoms with E-state index in [9.17, 15) is 4.79 Å². The molecule has 0 N–H and O–H groups in total. The van der Waals surface area contributed by atoms with Gasteiger partial charge in [-0.15, -0.1) is 0 Å². The topological polar surface area (TPSA) is 22.0 Å². The van der Waals surface area contributed by atoms with E-state index in [0.29, 0.717) is 0 Å². The highest BCUT2D eigenvalue weighted by molar-refractivity contribution is 5.96. The summed E-state index contributed by atoms with van der Waals surface area (Å²) in [4.78, 5) is 10.9. The highest BCUT2D eigenvalue weighted by atomic mass is 16.1. The molecule has 0 atom stereocenters. The fourth-order valence-corrected chi connectivity index (χ4v) is 0.948. The van der Waals surface area contributed by atoms with Gasteiger partial charge in [-0.3, -0.25) is 4.79 Å². The minimum atomic E-state index is 0.121. The van der Waals surface area contributed by atoms with Gasteiger partial charge in [-0.25, -0.2) is 0 Å². The van der Waals surface area contributed by atoms with Gasteiger partial charge in [0.2, 0.25) is 0 Å². The summed E-state index contributed by atoms with van der Waals surface area (Å²) in [5.74, 6) is 0.121. The number of hydrogen-bond acceptors (Lipinski definition) is 1. The van der Waals surface area contributed by atoms with Gasteiger partial charge in [0.15, 0.2) is 5.78 Å². The van der Waals surface area contributed by atoms with Gasteiger partial charge >= 0.3 is 0 Å². The Labute approximate surface area is 72.5 Å². The van der Waals surface area contributed by atoms with Gasteiger partial charge in [-0.2, -0.15) is 0 Å². The molecule has 0 saturated carbocycles. The molecular weight excluding hydrogens is 150 g/mol. The molecule has 0 radical (unpaired) electrons. The molecule has 0 amide bonds. The van der Waals surface area contributed by atoms with E-state index in [1.165, 1.54) is 0 Å². The van der Waals surface area contributed by atoms with Crippen molar-refractivity contribution < 1.29 is 4.79 Å². The van der Waals surface area contributed by atoms with Crippen LogP contribution >= 0.6 is 0 Å². The average Bonchev–Trinajstić information content (AvgIpc) is 2.36. The Kier molecular flexibility index (Phi) is 2.48. The largest absolute Gasteiger partial charge is 0.351 e. The Balaban J connectivity index is 2.95. The van der Waals surface area contributed by atoms with Crippen molar-refractivity contribution in [2.24, 2.45) is 7.05 Å². The molecule has 1 heterocycles.